The molecule has 5 rings (SSSR count). The summed E-state index contributed by atoms with van der Waals surface area (Å²) in [5.41, 5.74) is 2.81. The number of hydrogen-bond acceptors (Lipinski definition) is 8. The molecule has 2 aliphatic heterocycles. The highest BCUT2D eigenvalue weighted by molar-refractivity contribution is 7.13. The van der Waals surface area contributed by atoms with Crippen LogP contribution in [-0.4, -0.2) is 64.4 Å². The Morgan fingerprint density at radius 3 is 2.88 bits per heavy atom. The monoisotopic (exact) mass is 481 g/mol. The molecule has 3 aromatic heterocycles. The van der Waals surface area contributed by atoms with Crippen LogP contribution in [0.25, 0.3) is 10.6 Å². The highest BCUT2D eigenvalue weighted by Gasteiger charge is 2.24. The van der Waals surface area contributed by atoms with Crippen LogP contribution < -0.4 is 16.0 Å². The van der Waals surface area contributed by atoms with Gasteiger partial charge in [0.25, 0.3) is 11.8 Å². The molecule has 10 nitrogen and oxygen atoms in total. The van der Waals surface area contributed by atoms with Gasteiger partial charge in [-0.25, -0.2) is 4.98 Å². The molecule has 3 N–H and O–H groups in total. The van der Waals surface area contributed by atoms with Gasteiger partial charge in [-0.1, -0.05) is 0 Å². The SMILES string of the molecule is O=C1Nc2cn(C3CCOCC3)nc2C(=O)NCCNCCCc2cc(ccn2)-c2nc1cs2. The number of carbonyl (C=O) groups excluding carboxylic acids is 2. The largest absolute Gasteiger partial charge is 0.381 e. The standard InChI is InChI=1S/C23H27N7O3S/c31-21-19-14-34-23(28-19)15-3-7-25-16(12-15)2-1-6-24-8-9-26-22(32)20-18(27-21)13-30(29-20)17-4-10-33-11-5-17/h3,7,12-14,17,24H,1-2,4-6,8-11H2,(H,26,32)(H,27,31). The van der Waals surface area contributed by atoms with Crippen molar-refractivity contribution in [1.29, 1.82) is 0 Å². The van der Waals surface area contributed by atoms with Crippen molar-refractivity contribution in [2.45, 2.75) is 31.7 Å². The van der Waals surface area contributed by atoms with Gasteiger partial charge in [-0.3, -0.25) is 19.3 Å². The summed E-state index contributed by atoms with van der Waals surface area (Å²) in [7, 11) is 0. The van der Waals surface area contributed by atoms with Crippen LogP contribution in [0.5, 0.6) is 0 Å². The molecule has 11 heteroatoms. The fraction of sp³-hybridized carbons (Fsp3) is 0.435. The number of nitrogens with zero attached hydrogens (tertiary/aromatic N) is 4. The van der Waals surface area contributed by atoms with Crippen molar-refractivity contribution >= 4 is 28.8 Å². The first kappa shape index (κ1) is 22.6. The second-order valence-corrected chi connectivity index (χ2v) is 9.21. The molecule has 1 saturated heterocycles. The predicted molar refractivity (Wildman–Crippen MR) is 128 cm³/mol. The minimum Gasteiger partial charge on any atom is -0.381 e. The first-order chi connectivity index (χ1) is 16.7. The summed E-state index contributed by atoms with van der Waals surface area (Å²) < 4.78 is 7.22. The highest BCUT2D eigenvalue weighted by Crippen LogP contribution is 2.27. The molecule has 1 fully saturated rings. The Morgan fingerprint density at radius 1 is 1.12 bits per heavy atom. The number of anilines is 1. The number of ether oxygens (including phenoxy) is 1. The predicted octanol–water partition coefficient (Wildman–Crippen LogP) is 2.27. The van der Waals surface area contributed by atoms with E-state index in [0.29, 0.717) is 37.7 Å². The Kier molecular flexibility index (Phi) is 6.93. The van der Waals surface area contributed by atoms with Gasteiger partial charge in [-0.05, 0) is 44.4 Å². The van der Waals surface area contributed by atoms with Crippen molar-refractivity contribution in [2.75, 3.05) is 38.2 Å². The minimum absolute atomic E-state index is 0.126. The third-order valence-corrected chi connectivity index (χ3v) is 6.83. The Labute approximate surface area is 201 Å². The molecule has 0 spiro atoms. The van der Waals surface area contributed by atoms with Crippen molar-refractivity contribution in [3.05, 3.63) is 47.0 Å². The lowest BCUT2D eigenvalue weighted by atomic mass is 10.1. The van der Waals surface area contributed by atoms with Crippen molar-refractivity contribution in [3.63, 3.8) is 0 Å². The van der Waals surface area contributed by atoms with Gasteiger partial charge in [0.1, 0.15) is 10.7 Å². The number of fused-ring (bicyclic) bond motifs is 6. The van der Waals surface area contributed by atoms with Gasteiger partial charge in [-0.15, -0.1) is 11.3 Å². The molecule has 5 heterocycles. The van der Waals surface area contributed by atoms with Crippen LogP contribution in [0.2, 0.25) is 0 Å². The van der Waals surface area contributed by atoms with E-state index in [4.69, 9.17) is 4.74 Å². The number of thiazole rings is 1. The Morgan fingerprint density at radius 2 is 2.00 bits per heavy atom. The number of amides is 2. The van der Waals surface area contributed by atoms with E-state index in [2.05, 4.69) is 31.0 Å². The van der Waals surface area contributed by atoms with Crippen molar-refractivity contribution in [1.82, 2.24) is 30.4 Å². The van der Waals surface area contributed by atoms with E-state index in [1.165, 1.54) is 11.3 Å². The lowest BCUT2D eigenvalue weighted by Gasteiger charge is -2.22. The first-order valence-corrected chi connectivity index (χ1v) is 12.4. The number of nitrogens with one attached hydrogen (secondary N) is 3. The maximum Gasteiger partial charge on any atom is 0.275 e. The maximum atomic E-state index is 13.0. The quantitative estimate of drug-likeness (QED) is 0.487. The van der Waals surface area contributed by atoms with E-state index < -0.39 is 0 Å². The van der Waals surface area contributed by atoms with Gasteiger partial charge < -0.3 is 20.7 Å². The minimum atomic E-state index is -0.375. The lowest BCUT2D eigenvalue weighted by Crippen LogP contribution is -2.33. The summed E-state index contributed by atoms with van der Waals surface area (Å²) in [6.07, 6.45) is 6.90. The Balaban J connectivity index is 1.44. The van der Waals surface area contributed by atoms with Crippen molar-refractivity contribution in [3.8, 4) is 10.6 Å². The maximum absolute atomic E-state index is 13.0. The van der Waals surface area contributed by atoms with Gasteiger partial charge in [-0.2, -0.15) is 5.10 Å². The van der Waals surface area contributed by atoms with Crippen molar-refractivity contribution in [2.24, 2.45) is 0 Å². The summed E-state index contributed by atoms with van der Waals surface area (Å²) >= 11 is 1.41. The molecule has 0 atom stereocenters. The molecule has 0 unspecified atom stereocenters. The Hall–Kier alpha value is -3.15. The van der Waals surface area contributed by atoms with Crippen LogP contribution in [0.4, 0.5) is 5.69 Å². The van der Waals surface area contributed by atoms with Crippen LogP contribution in [0, 0.1) is 0 Å². The van der Waals surface area contributed by atoms with E-state index in [1.54, 1.807) is 22.5 Å². The fourth-order valence-corrected chi connectivity index (χ4v) is 4.90. The van der Waals surface area contributed by atoms with Gasteiger partial charge in [0, 0.05) is 55.3 Å². The van der Waals surface area contributed by atoms with E-state index in [-0.39, 0.29) is 23.6 Å². The van der Waals surface area contributed by atoms with Gasteiger partial charge in [0.2, 0.25) is 0 Å². The number of pyridine rings is 1. The Bertz CT molecular complexity index is 1170. The first-order valence-electron chi connectivity index (χ1n) is 11.6. The normalized spacial score (nSPS) is 18.4. The zero-order chi connectivity index (χ0) is 23.3. The number of hydrogen-bond donors (Lipinski definition) is 3. The van der Waals surface area contributed by atoms with E-state index in [0.717, 1.165) is 48.5 Å². The summed E-state index contributed by atoms with van der Waals surface area (Å²) in [5.74, 6) is -0.692. The molecule has 3 aromatic rings. The summed E-state index contributed by atoms with van der Waals surface area (Å²) in [4.78, 5) is 34.9. The molecule has 0 aromatic carbocycles. The van der Waals surface area contributed by atoms with E-state index >= 15 is 0 Å². The van der Waals surface area contributed by atoms with Crippen LogP contribution in [0.15, 0.2) is 29.9 Å². The van der Waals surface area contributed by atoms with Crippen LogP contribution in [0.1, 0.15) is 52.0 Å². The summed E-state index contributed by atoms with van der Waals surface area (Å²) in [6, 6.07) is 4.06. The third kappa shape index (κ3) is 5.16. The molecule has 178 valence electrons. The summed E-state index contributed by atoms with van der Waals surface area (Å²) in [5, 5.41) is 16.1. The van der Waals surface area contributed by atoms with E-state index in [1.807, 2.05) is 12.1 Å². The number of aryl methyl sites for hydroxylation is 1. The van der Waals surface area contributed by atoms with E-state index in [9.17, 15) is 9.59 Å². The van der Waals surface area contributed by atoms with Crippen LogP contribution in [-0.2, 0) is 11.2 Å². The topological polar surface area (TPSA) is 123 Å². The van der Waals surface area contributed by atoms with Gasteiger partial charge >= 0.3 is 0 Å². The molecule has 2 aliphatic rings. The molecular formula is C23H27N7O3S. The van der Waals surface area contributed by atoms with Crippen molar-refractivity contribution < 1.29 is 14.3 Å². The lowest BCUT2D eigenvalue weighted by molar-refractivity contribution is 0.0660. The molecule has 0 radical (unpaired) electrons. The third-order valence-electron chi connectivity index (χ3n) is 5.93. The number of rotatable bonds is 1. The van der Waals surface area contributed by atoms with Crippen LogP contribution >= 0.6 is 11.3 Å². The highest BCUT2D eigenvalue weighted by atomic mass is 32.1. The molecule has 0 saturated carbocycles. The second-order valence-electron chi connectivity index (χ2n) is 8.35. The van der Waals surface area contributed by atoms with Crippen LogP contribution in [0.3, 0.4) is 0 Å². The second kappa shape index (κ2) is 10.4. The molecule has 34 heavy (non-hydrogen) atoms. The number of aromatic nitrogens is 4. The average Bonchev–Trinajstić information content (AvgIpc) is 3.52. The number of carbonyl (C=O) groups is 2. The molecule has 2 amide bonds. The average molecular weight is 482 g/mol. The zero-order valence-electron chi connectivity index (χ0n) is 18.7. The van der Waals surface area contributed by atoms with Gasteiger partial charge in [0.15, 0.2) is 5.69 Å². The smallest absolute Gasteiger partial charge is 0.275 e. The molecule has 0 aliphatic carbocycles. The van der Waals surface area contributed by atoms with Gasteiger partial charge in [0.05, 0.1) is 11.7 Å². The molecule has 4 bridgehead atoms. The summed E-state index contributed by atoms with van der Waals surface area (Å²) in [6.45, 7) is 3.22. The zero-order valence-corrected chi connectivity index (χ0v) is 19.6. The molecular weight excluding hydrogens is 454 g/mol. The fourth-order valence-electron chi connectivity index (χ4n) is 4.10.